The van der Waals surface area contributed by atoms with Gasteiger partial charge in [-0.1, -0.05) is 88.1 Å². The SMILES string of the molecule is CCCC[C@H]1C(=O)N(C)[C@@H](CCCC)C(=O)N[C@@H](CN)C(=O)N[C@H](C(=O)NCC(N)=O)CSCC(=O)N[C@@H](Cc2ccc(O)cc2)C(=O)N(C)[C@@H](C)C(=O)N[C@@H](CC(N)=O)C(=O)N2CCC[C@H]2C(=O)N[C@@H](CN)C(=O)N[C@@H](CCC(N)=O)C(=O)N2C[C@H](O)C[C@H]2C(=O)C[C@@H](Cc2c[nH]c3ccccc23)C(=O)N[C@@H](CO)C(=O)N[C@@H](Cc2cn(CC(=O)O)c3ccccc23)C(=O)N1C. The highest BCUT2D eigenvalue weighted by atomic mass is 32.2. The van der Waals surface area contributed by atoms with E-state index in [1.807, 2.05) is 0 Å². The molecule has 5 aromatic rings. The Balaban J connectivity index is 1.19. The number of aromatic hydroxyl groups is 1. The van der Waals surface area contributed by atoms with Crippen LogP contribution in [0.3, 0.4) is 0 Å². The zero-order chi connectivity index (χ0) is 97.1. The predicted molar refractivity (Wildman–Crippen MR) is 478 cm³/mol. The molecule has 15 atom stereocenters. The quantitative estimate of drug-likeness (QED) is 0.0259. The number of thioether (sulfide) groups is 1. The molecule has 0 spiro atoms. The van der Waals surface area contributed by atoms with Crippen molar-refractivity contribution in [1.82, 2.24) is 81.9 Å². The number of H-pyrrole nitrogens is 1. The number of aromatic nitrogens is 2. The van der Waals surface area contributed by atoms with Gasteiger partial charge in [-0.15, -0.1) is 11.8 Å². The van der Waals surface area contributed by atoms with Crippen LogP contribution in [0.4, 0.5) is 0 Å². The number of nitrogens with one attached hydrogen (secondary N) is 10. The van der Waals surface area contributed by atoms with E-state index in [9.17, 15) is 82.8 Å². The van der Waals surface area contributed by atoms with E-state index in [-0.39, 0.29) is 63.7 Å². The lowest BCUT2D eigenvalue weighted by Gasteiger charge is -2.36. The van der Waals surface area contributed by atoms with Crippen LogP contribution in [0, 0.1) is 5.92 Å². The predicted octanol–water partition coefficient (Wildman–Crippen LogP) is -5.37. The number of carboxylic acids is 1. The molecule has 45 heteroatoms. The summed E-state index contributed by atoms with van der Waals surface area (Å²) in [5.41, 5.74) is 31.1. The number of nitrogens with two attached hydrogens (primary N) is 5. The molecule has 0 aliphatic carbocycles. The summed E-state index contributed by atoms with van der Waals surface area (Å²) in [6.45, 7) is 0.333. The number of para-hydroxylation sites is 2. The average Bonchev–Trinajstić information content (AvgIpc) is 1.69. The highest BCUT2D eigenvalue weighted by molar-refractivity contribution is 8.00. The van der Waals surface area contributed by atoms with Gasteiger partial charge < -0.3 is 131 Å². The molecular formula is C87H121N21O23S. The van der Waals surface area contributed by atoms with Crippen LogP contribution in [-0.2, 0) is 117 Å². The molecule has 0 radical (unpaired) electrons. The molecule has 5 heterocycles. The molecule has 24 N–H and O–H groups in total. The van der Waals surface area contributed by atoms with Gasteiger partial charge in [0.2, 0.25) is 100 Å². The largest absolute Gasteiger partial charge is 0.508 e. The van der Waals surface area contributed by atoms with Gasteiger partial charge in [0.05, 0.1) is 37.5 Å². The first-order valence-corrected chi connectivity index (χ1v) is 44.7. The van der Waals surface area contributed by atoms with Crippen LogP contribution >= 0.6 is 11.8 Å². The van der Waals surface area contributed by atoms with Gasteiger partial charge in [-0.2, -0.15) is 0 Å². The molecule has 8 rings (SSSR count). The Morgan fingerprint density at radius 2 is 1.14 bits per heavy atom. The van der Waals surface area contributed by atoms with Crippen molar-refractivity contribution >= 4 is 146 Å². The Morgan fingerprint density at radius 3 is 1.77 bits per heavy atom. The minimum atomic E-state index is -1.96. The van der Waals surface area contributed by atoms with Crippen LogP contribution in [0.2, 0.25) is 0 Å². The highest BCUT2D eigenvalue weighted by Crippen LogP contribution is 2.30. The lowest BCUT2D eigenvalue weighted by molar-refractivity contribution is -0.149. The number of carbonyl (C=O) groups is 19. The second-order valence-electron chi connectivity index (χ2n) is 33.2. The monoisotopic (exact) mass is 1860 g/mol. The van der Waals surface area contributed by atoms with Gasteiger partial charge in [0.15, 0.2) is 5.78 Å². The van der Waals surface area contributed by atoms with Crippen molar-refractivity contribution in [3.8, 4) is 5.75 Å². The summed E-state index contributed by atoms with van der Waals surface area (Å²) in [6, 6.07) is -2.37. The van der Waals surface area contributed by atoms with Crippen LogP contribution in [0.1, 0.15) is 121 Å². The van der Waals surface area contributed by atoms with E-state index in [0.29, 0.717) is 51.3 Å². The Bertz CT molecular complexity index is 5050. The number of hydrogen-bond donors (Lipinski definition) is 19. The summed E-state index contributed by atoms with van der Waals surface area (Å²) in [4.78, 5) is 280. The van der Waals surface area contributed by atoms with Crippen molar-refractivity contribution in [2.75, 3.05) is 72.0 Å². The van der Waals surface area contributed by atoms with Crippen LogP contribution in [-0.4, -0.2) is 323 Å². The summed E-state index contributed by atoms with van der Waals surface area (Å²) in [7, 11) is 3.75. The molecule has 0 saturated carbocycles. The molecule has 44 nitrogen and oxygen atoms in total. The maximum Gasteiger partial charge on any atom is 0.323 e. The number of phenolic OH excluding ortho intramolecular Hbond substituents is 1. The average molecular weight is 1860 g/mol. The van der Waals surface area contributed by atoms with Crippen LogP contribution < -0.4 is 76.5 Å². The molecule has 3 aromatic carbocycles. The molecule has 2 aromatic heterocycles. The van der Waals surface area contributed by atoms with E-state index in [1.165, 1.54) is 63.1 Å². The zero-order valence-electron chi connectivity index (χ0n) is 74.4. The first kappa shape index (κ1) is 104. The van der Waals surface area contributed by atoms with E-state index in [2.05, 4.69) is 52.8 Å². The molecule has 3 aliphatic rings. The number of likely N-dealkylation sites (N-methyl/N-ethyl adjacent to an activating group) is 3. The second-order valence-corrected chi connectivity index (χ2v) is 34.2. The Labute approximate surface area is 764 Å². The van der Waals surface area contributed by atoms with Crippen molar-refractivity contribution in [2.45, 2.75) is 215 Å². The number of fused-ring (bicyclic) bond motifs is 4. The van der Waals surface area contributed by atoms with E-state index < -0.39 is 292 Å². The molecule has 132 heavy (non-hydrogen) atoms. The standard InChI is InChI=1S/C87H121N21O23S/c1-7-9-19-65-81(125)99-61(37-89)79(123)102-63(77(121)94-39-72(92)115)44-132-45-73(116)95-57(30-47-23-25-51(110)26-24-47)83(127)103(4)46(3)75(119)97-59(35-71(91)114)86(130)107-29-15-22-66(107)82(126)100-60(36-88)78(122)96-56(27-28-70(90)113)85(129)108-41-52(111)34-68(108)69(112)33-48(31-49-38-93-55-18-13-11-16-53(49)55)76(120)101-62(43-109)80(124)98-58(84(128)105(6)67(20-10-8-2)87(131)104(65)5)32-50-40-106(42-74(117)118)64-21-14-12-17-54(50)64/h11-14,16-18,21,23-26,38,40,46,48,52,56-63,65-68,93,109-111H,7-10,15,19-20,22,27-37,39,41-45,88-89H2,1-6H3,(H2,90,113)(H2,91,114)(H2,92,115)(H,94,121)(H,95,116)(H,96,122)(H,97,119)(H,98,124)(H,99,125)(H,100,126)(H,101,120)(H,102,123)(H,117,118)/t46-,48+,52+,56-,57-,58-,59-,60-,61-,62-,63-,65-,66-,67-,68-/m0/s1. The normalized spacial score (nSPS) is 25.1. The first-order chi connectivity index (χ1) is 62.7. The van der Waals surface area contributed by atoms with E-state index in [0.717, 1.165) is 36.3 Å². The number of Topliss-reactive ketones (excluding diaryl/α,β-unsaturated/α-hetero) is 1. The number of benzene rings is 3. The molecule has 3 fully saturated rings. The molecule has 3 saturated heterocycles. The third kappa shape index (κ3) is 28.2. The van der Waals surface area contributed by atoms with Gasteiger partial charge in [0.25, 0.3) is 0 Å². The third-order valence-corrected chi connectivity index (χ3v) is 24.6. The number of rotatable bonds is 25. The Hall–Kier alpha value is -13.1. The number of nitrogens with zero attached hydrogens (tertiary/aromatic N) is 6. The molecule has 17 amide bonds. The van der Waals surface area contributed by atoms with Gasteiger partial charge in [-0.05, 0) is 86.4 Å². The van der Waals surface area contributed by atoms with Gasteiger partial charge in [-0.25, -0.2) is 0 Å². The van der Waals surface area contributed by atoms with Crippen molar-refractivity contribution in [1.29, 1.82) is 0 Å². The molecule has 3 aliphatic heterocycles. The number of aromatic amines is 1. The summed E-state index contributed by atoms with van der Waals surface area (Å²) in [6.07, 6.45) is -1.18. The van der Waals surface area contributed by atoms with E-state index in [4.69, 9.17) is 28.7 Å². The summed E-state index contributed by atoms with van der Waals surface area (Å²) >= 11 is 0.731. The first-order valence-electron chi connectivity index (χ1n) is 43.6. The molecule has 718 valence electrons. The minimum absolute atomic E-state index is 0.0584. The number of aliphatic hydroxyl groups is 2. The smallest absolute Gasteiger partial charge is 0.323 e. The summed E-state index contributed by atoms with van der Waals surface area (Å²) in [5.74, 6) is -21.9. The zero-order valence-corrected chi connectivity index (χ0v) is 75.3. The number of amides is 17. The summed E-state index contributed by atoms with van der Waals surface area (Å²) in [5, 5.41) is 66.4. The van der Waals surface area contributed by atoms with Crippen LogP contribution in [0.5, 0.6) is 5.75 Å². The van der Waals surface area contributed by atoms with Gasteiger partial charge in [-0.3, -0.25) is 91.1 Å². The Morgan fingerprint density at radius 1 is 0.561 bits per heavy atom. The number of ketones is 1. The van der Waals surface area contributed by atoms with Crippen molar-refractivity contribution in [3.05, 3.63) is 102 Å². The lowest BCUT2D eigenvalue weighted by Crippen LogP contribution is -2.61. The van der Waals surface area contributed by atoms with Crippen LogP contribution in [0.15, 0.2) is 85.2 Å². The number of carboxylic acid groups (broad SMARTS) is 1. The molecular weight excluding hydrogens is 1740 g/mol. The van der Waals surface area contributed by atoms with Crippen molar-refractivity contribution in [3.63, 3.8) is 0 Å². The van der Waals surface area contributed by atoms with Gasteiger partial charge in [0, 0.05) is 125 Å². The van der Waals surface area contributed by atoms with E-state index >= 15 is 28.8 Å². The molecule has 0 bridgehead atoms. The second kappa shape index (κ2) is 49.2. The molecule has 0 unspecified atom stereocenters. The fourth-order valence-corrected chi connectivity index (χ4v) is 17.1. The van der Waals surface area contributed by atoms with Gasteiger partial charge >= 0.3 is 5.97 Å². The topological polar surface area (TPSA) is 681 Å². The van der Waals surface area contributed by atoms with Crippen molar-refractivity contribution in [2.24, 2.45) is 34.6 Å². The summed E-state index contributed by atoms with van der Waals surface area (Å²) < 4.78 is 1.39. The lowest BCUT2D eigenvalue weighted by atomic mass is 9.90. The number of phenols is 1. The number of aliphatic carboxylic acids is 1. The third-order valence-electron chi connectivity index (χ3n) is 23.6. The van der Waals surface area contributed by atoms with Crippen LogP contribution in [0.25, 0.3) is 21.8 Å². The fraction of sp³-hybridized carbons (Fsp3) is 0.529. The maximum atomic E-state index is 15.8. The highest BCUT2D eigenvalue weighted by Gasteiger charge is 2.47. The van der Waals surface area contributed by atoms with Crippen molar-refractivity contribution < 1.29 is 112 Å². The fourth-order valence-electron chi connectivity index (χ4n) is 16.2. The van der Waals surface area contributed by atoms with E-state index in [1.54, 1.807) is 68.6 Å². The Kier molecular flexibility index (Phi) is 38.9. The number of hydrogen-bond acceptors (Lipinski definition) is 25. The number of primary amides is 3. The number of aliphatic hydroxyl groups excluding tert-OH is 2. The maximum absolute atomic E-state index is 15.8. The minimum Gasteiger partial charge on any atom is -0.508 e. The number of carbonyl (C=O) groups excluding carboxylic acids is 18. The van der Waals surface area contributed by atoms with Gasteiger partial charge in [0.1, 0.15) is 84.8 Å². The number of unbranched alkanes of at least 4 members (excludes halogenated alkanes) is 2.